The van der Waals surface area contributed by atoms with Gasteiger partial charge >= 0.3 is 0 Å². The third kappa shape index (κ3) is 3.95. The van der Waals surface area contributed by atoms with Crippen LogP contribution in [0.25, 0.3) is 16.9 Å². The second-order valence-electron chi connectivity index (χ2n) is 7.87. The molecule has 12 heteroatoms. The zero-order valence-electron chi connectivity index (χ0n) is 17.5. The molecule has 0 amide bonds. The van der Waals surface area contributed by atoms with Gasteiger partial charge in [-0.15, -0.1) is 15.3 Å². The van der Waals surface area contributed by atoms with Crippen LogP contribution >= 0.6 is 0 Å². The molecule has 4 atom stereocenters. The predicted molar refractivity (Wildman–Crippen MR) is 111 cm³/mol. The first-order valence-electron chi connectivity index (χ1n) is 10.4. The van der Waals surface area contributed by atoms with Crippen LogP contribution in [0.15, 0.2) is 55.0 Å². The van der Waals surface area contributed by atoms with Gasteiger partial charge in [-0.05, 0) is 24.3 Å². The van der Waals surface area contributed by atoms with Gasteiger partial charge in [0.15, 0.2) is 23.3 Å². The van der Waals surface area contributed by atoms with Crippen LogP contribution in [0.2, 0.25) is 0 Å². The van der Waals surface area contributed by atoms with Gasteiger partial charge < -0.3 is 14.9 Å². The van der Waals surface area contributed by atoms with E-state index in [4.69, 9.17) is 4.74 Å². The van der Waals surface area contributed by atoms with E-state index in [9.17, 15) is 23.4 Å². The number of benzene rings is 2. The molecule has 0 radical (unpaired) electrons. The van der Waals surface area contributed by atoms with Gasteiger partial charge in [0.25, 0.3) is 0 Å². The lowest BCUT2D eigenvalue weighted by Gasteiger charge is -2.38. The van der Waals surface area contributed by atoms with E-state index in [-0.39, 0.29) is 17.7 Å². The van der Waals surface area contributed by atoms with Crippen LogP contribution in [0.3, 0.4) is 0 Å². The average Bonchev–Trinajstić information content (AvgIpc) is 3.53. The molecule has 0 aliphatic carbocycles. The predicted octanol–water partition coefficient (Wildman–Crippen LogP) is 2.37. The summed E-state index contributed by atoms with van der Waals surface area (Å²) in [7, 11) is 0. The number of aliphatic hydroxyl groups excluding tert-OH is 2. The Bertz CT molecular complexity index is 1280. The minimum absolute atomic E-state index is 0.0109. The molecule has 1 aliphatic rings. The quantitative estimate of drug-likeness (QED) is 0.429. The molecule has 0 bridgehead atoms. The minimum atomic E-state index is -1.58. The summed E-state index contributed by atoms with van der Waals surface area (Å²) in [6.45, 7) is -0.469. The van der Waals surface area contributed by atoms with Crippen molar-refractivity contribution in [3.8, 4) is 16.9 Å². The van der Waals surface area contributed by atoms with Crippen LogP contribution in [0.5, 0.6) is 0 Å². The van der Waals surface area contributed by atoms with E-state index in [2.05, 4.69) is 20.5 Å². The second-order valence-corrected chi connectivity index (χ2v) is 7.87. The van der Waals surface area contributed by atoms with Crippen molar-refractivity contribution in [3.63, 3.8) is 0 Å². The van der Waals surface area contributed by atoms with Crippen molar-refractivity contribution in [3.05, 3.63) is 78.3 Å². The highest BCUT2D eigenvalue weighted by Gasteiger charge is 2.41. The molecule has 4 aromatic rings. The van der Waals surface area contributed by atoms with Crippen molar-refractivity contribution < 1.29 is 28.1 Å². The number of ether oxygens (including phenoxy) is 1. The van der Waals surface area contributed by atoms with Gasteiger partial charge in [-0.2, -0.15) is 0 Å². The largest absolute Gasteiger partial charge is 0.394 e. The van der Waals surface area contributed by atoms with Crippen LogP contribution in [-0.4, -0.2) is 58.8 Å². The molecule has 0 saturated carbocycles. The van der Waals surface area contributed by atoms with Crippen LogP contribution < -0.4 is 0 Å². The smallest absolute Gasteiger partial charge is 0.194 e. The summed E-state index contributed by atoms with van der Waals surface area (Å²) < 4.78 is 49.6. The first-order valence-corrected chi connectivity index (χ1v) is 10.4. The second kappa shape index (κ2) is 8.97. The fourth-order valence-corrected chi connectivity index (χ4v) is 4.06. The number of nitrogens with zero attached hydrogens (tertiary/aromatic N) is 6. The molecule has 176 valence electrons. The highest BCUT2D eigenvalue weighted by atomic mass is 19.2. The number of hydrogen-bond donors (Lipinski definition) is 2. The van der Waals surface area contributed by atoms with E-state index in [1.54, 1.807) is 4.57 Å². The Morgan fingerprint density at radius 3 is 2.50 bits per heavy atom. The molecule has 2 N–H and O–H groups in total. The maximum Gasteiger partial charge on any atom is 0.194 e. The molecule has 9 nitrogen and oxygen atoms in total. The van der Waals surface area contributed by atoms with Gasteiger partial charge in [-0.3, -0.25) is 4.57 Å². The minimum Gasteiger partial charge on any atom is -0.394 e. The lowest BCUT2D eigenvalue weighted by Crippen LogP contribution is -2.45. The molecule has 1 fully saturated rings. The van der Waals surface area contributed by atoms with Crippen LogP contribution in [0.4, 0.5) is 13.2 Å². The van der Waals surface area contributed by atoms with Crippen molar-refractivity contribution >= 4 is 0 Å². The Balaban J connectivity index is 1.47. The molecular weight excluding hydrogens is 453 g/mol. The van der Waals surface area contributed by atoms with Gasteiger partial charge in [-0.1, -0.05) is 23.4 Å². The van der Waals surface area contributed by atoms with E-state index in [0.717, 1.165) is 17.8 Å². The maximum absolute atomic E-state index is 13.7. The number of para-hydroxylation sites is 1. The van der Waals surface area contributed by atoms with Crippen LogP contribution in [0.1, 0.15) is 24.4 Å². The SMILES string of the molecule is OCC1OC(c2nncn2-c2ccccc2)CC(n2cc(-c3cc(F)c(F)c(F)c3)nn2)C1O. The van der Waals surface area contributed by atoms with Crippen LogP contribution in [0, 0.1) is 17.5 Å². The Kier molecular flexibility index (Phi) is 5.86. The van der Waals surface area contributed by atoms with Gasteiger partial charge in [0.05, 0.1) is 18.8 Å². The molecule has 2 aromatic carbocycles. The van der Waals surface area contributed by atoms with E-state index in [0.29, 0.717) is 5.82 Å². The van der Waals surface area contributed by atoms with Gasteiger partial charge in [-0.25, -0.2) is 17.9 Å². The zero-order chi connectivity index (χ0) is 23.8. The van der Waals surface area contributed by atoms with Gasteiger partial charge in [0, 0.05) is 17.7 Å². The Morgan fingerprint density at radius 1 is 1.06 bits per heavy atom. The normalized spacial score (nSPS) is 22.7. The number of hydrogen-bond acceptors (Lipinski definition) is 7. The molecule has 3 heterocycles. The summed E-state index contributed by atoms with van der Waals surface area (Å²) in [6, 6.07) is 10.3. The molecule has 34 heavy (non-hydrogen) atoms. The summed E-state index contributed by atoms with van der Waals surface area (Å²) in [6.07, 6.45) is 0.328. The Labute approximate surface area is 191 Å². The summed E-state index contributed by atoms with van der Waals surface area (Å²) >= 11 is 0. The summed E-state index contributed by atoms with van der Waals surface area (Å²) in [5.74, 6) is -3.82. The Morgan fingerprint density at radius 2 is 1.79 bits per heavy atom. The highest BCUT2D eigenvalue weighted by molar-refractivity contribution is 5.57. The molecule has 4 unspecified atom stereocenters. The lowest BCUT2D eigenvalue weighted by molar-refractivity contribution is -0.161. The van der Waals surface area contributed by atoms with E-state index < -0.39 is 48.4 Å². The topological polar surface area (TPSA) is 111 Å². The molecule has 1 aliphatic heterocycles. The van der Waals surface area contributed by atoms with Crippen molar-refractivity contribution in [2.75, 3.05) is 6.61 Å². The van der Waals surface area contributed by atoms with Gasteiger partial charge in [0.2, 0.25) is 0 Å². The number of rotatable bonds is 5. The first-order chi connectivity index (χ1) is 16.5. The van der Waals surface area contributed by atoms with Crippen molar-refractivity contribution in [2.45, 2.75) is 30.8 Å². The Hall–Kier alpha value is -3.61. The fraction of sp³-hybridized carbons (Fsp3) is 0.273. The van der Waals surface area contributed by atoms with Crippen LogP contribution in [-0.2, 0) is 4.74 Å². The summed E-state index contributed by atoms with van der Waals surface area (Å²) in [4.78, 5) is 0. The lowest BCUT2D eigenvalue weighted by atomic mass is 9.95. The van der Waals surface area contributed by atoms with E-state index in [1.165, 1.54) is 17.2 Å². The third-order valence-electron chi connectivity index (χ3n) is 5.78. The molecule has 5 rings (SSSR count). The van der Waals surface area contributed by atoms with Crippen molar-refractivity contribution in [1.82, 2.24) is 29.8 Å². The average molecular weight is 472 g/mol. The van der Waals surface area contributed by atoms with E-state index >= 15 is 0 Å². The van der Waals surface area contributed by atoms with E-state index in [1.807, 2.05) is 30.3 Å². The molecule has 1 saturated heterocycles. The van der Waals surface area contributed by atoms with Crippen molar-refractivity contribution in [1.29, 1.82) is 0 Å². The highest BCUT2D eigenvalue weighted by Crippen LogP contribution is 2.38. The number of halogens is 3. The monoisotopic (exact) mass is 472 g/mol. The maximum atomic E-state index is 13.7. The third-order valence-corrected chi connectivity index (χ3v) is 5.78. The molecular formula is C22H19F3N6O3. The molecule has 0 spiro atoms. The van der Waals surface area contributed by atoms with Crippen molar-refractivity contribution in [2.24, 2.45) is 0 Å². The molecule has 2 aromatic heterocycles. The summed E-state index contributed by atoms with van der Waals surface area (Å²) in [5.41, 5.74) is 0.877. The number of aliphatic hydroxyl groups is 2. The fourth-order valence-electron chi connectivity index (χ4n) is 4.06. The number of aromatic nitrogens is 6. The zero-order valence-corrected chi connectivity index (χ0v) is 17.5. The standard InChI is InChI=1S/C22H19F3N6O3/c23-14-6-12(7-15(24)20(14)25)16-9-31(29-27-16)17-8-18(34-19(10-32)21(17)33)22-28-26-11-30(22)13-4-2-1-3-5-13/h1-7,9,11,17-19,21,32-33H,8,10H2. The first kappa shape index (κ1) is 22.2. The summed E-state index contributed by atoms with van der Waals surface area (Å²) in [5, 5.41) is 36.7. The van der Waals surface area contributed by atoms with Gasteiger partial charge in [0.1, 0.15) is 30.3 Å².